The van der Waals surface area contributed by atoms with Gasteiger partial charge in [0.1, 0.15) is 5.75 Å². The molecule has 1 amide bonds. The van der Waals surface area contributed by atoms with Gasteiger partial charge in [0.2, 0.25) is 0 Å². The zero-order valence-electron chi connectivity index (χ0n) is 14.7. The van der Waals surface area contributed by atoms with Crippen molar-refractivity contribution < 1.29 is 14.3 Å². The van der Waals surface area contributed by atoms with Gasteiger partial charge in [-0.25, -0.2) is 10.2 Å². The Morgan fingerprint density at radius 2 is 1.76 bits per heavy atom. The summed E-state index contributed by atoms with van der Waals surface area (Å²) in [5.41, 5.74) is 3.53. The standard InChI is InChI=1S/C21H13BrCl2N2O3/c22-15-6-9-19(29-21(28)13-4-2-1-3-5-13)14(10-15)12-25-26-20(27)17-8-7-16(23)11-18(17)24/h1-12H,(H,26,27)/b25-12+. The first-order valence-corrected chi connectivity index (χ1v) is 9.84. The van der Waals surface area contributed by atoms with Crippen LogP contribution in [-0.4, -0.2) is 18.1 Å². The Bertz CT molecular complexity index is 1090. The zero-order valence-corrected chi connectivity index (χ0v) is 17.8. The van der Waals surface area contributed by atoms with Crippen LogP contribution in [0.25, 0.3) is 0 Å². The third-order valence-electron chi connectivity index (χ3n) is 3.73. The van der Waals surface area contributed by atoms with Gasteiger partial charge < -0.3 is 4.74 Å². The predicted molar refractivity (Wildman–Crippen MR) is 117 cm³/mol. The number of rotatable bonds is 5. The zero-order chi connectivity index (χ0) is 20.8. The molecule has 0 saturated heterocycles. The van der Waals surface area contributed by atoms with Crippen LogP contribution in [-0.2, 0) is 0 Å². The van der Waals surface area contributed by atoms with Gasteiger partial charge in [0, 0.05) is 15.1 Å². The third kappa shape index (κ3) is 5.67. The number of carbonyl (C=O) groups excluding carboxylic acids is 2. The topological polar surface area (TPSA) is 67.8 Å². The molecule has 0 bridgehead atoms. The highest BCUT2D eigenvalue weighted by Crippen LogP contribution is 2.23. The second-order valence-corrected chi connectivity index (χ2v) is 7.52. The van der Waals surface area contributed by atoms with E-state index in [1.54, 1.807) is 48.5 Å². The fraction of sp³-hybridized carbons (Fsp3) is 0. The van der Waals surface area contributed by atoms with Crippen molar-refractivity contribution in [2.24, 2.45) is 5.10 Å². The molecule has 3 aromatic rings. The van der Waals surface area contributed by atoms with Crippen LogP contribution in [0, 0.1) is 0 Å². The van der Waals surface area contributed by atoms with E-state index in [4.69, 9.17) is 27.9 Å². The van der Waals surface area contributed by atoms with Gasteiger partial charge in [-0.15, -0.1) is 0 Å². The van der Waals surface area contributed by atoms with Crippen molar-refractivity contribution in [1.29, 1.82) is 0 Å². The van der Waals surface area contributed by atoms with Gasteiger partial charge in [0.05, 0.1) is 22.4 Å². The summed E-state index contributed by atoms with van der Waals surface area (Å²) in [5, 5.41) is 4.57. The number of nitrogens with zero attached hydrogens (tertiary/aromatic N) is 1. The van der Waals surface area contributed by atoms with Gasteiger partial charge in [-0.3, -0.25) is 4.79 Å². The summed E-state index contributed by atoms with van der Waals surface area (Å²) in [6.45, 7) is 0. The largest absolute Gasteiger partial charge is 0.422 e. The minimum Gasteiger partial charge on any atom is -0.422 e. The number of hydrogen-bond acceptors (Lipinski definition) is 4. The first kappa shape index (κ1) is 21.0. The van der Waals surface area contributed by atoms with Crippen LogP contribution in [0.15, 0.2) is 76.3 Å². The van der Waals surface area contributed by atoms with E-state index in [2.05, 4.69) is 26.5 Å². The molecule has 0 atom stereocenters. The quantitative estimate of drug-likeness (QED) is 0.214. The SMILES string of the molecule is O=C(Oc1ccc(Br)cc1/C=N/NC(=O)c1ccc(Cl)cc1Cl)c1ccccc1. The molecule has 0 saturated carbocycles. The number of halogens is 3. The molecule has 0 aliphatic heterocycles. The summed E-state index contributed by atoms with van der Waals surface area (Å²) >= 11 is 15.2. The van der Waals surface area contributed by atoms with Gasteiger partial charge in [0.25, 0.3) is 5.91 Å². The maximum absolute atomic E-state index is 12.3. The lowest BCUT2D eigenvalue weighted by molar-refractivity contribution is 0.0734. The molecule has 1 N–H and O–H groups in total. The first-order valence-electron chi connectivity index (χ1n) is 8.29. The number of ether oxygens (including phenoxy) is 1. The lowest BCUT2D eigenvalue weighted by atomic mass is 10.2. The number of hydrazone groups is 1. The molecule has 146 valence electrons. The number of amides is 1. The normalized spacial score (nSPS) is 10.7. The fourth-order valence-corrected chi connectivity index (χ4v) is 3.21. The Hall–Kier alpha value is -2.67. The molecular formula is C21H13BrCl2N2O3. The van der Waals surface area contributed by atoms with Gasteiger partial charge >= 0.3 is 5.97 Å². The summed E-state index contributed by atoms with van der Waals surface area (Å²) < 4.78 is 6.22. The summed E-state index contributed by atoms with van der Waals surface area (Å²) in [7, 11) is 0. The molecule has 5 nitrogen and oxygen atoms in total. The maximum Gasteiger partial charge on any atom is 0.343 e. The molecular weight excluding hydrogens is 479 g/mol. The fourth-order valence-electron chi connectivity index (χ4n) is 2.34. The highest BCUT2D eigenvalue weighted by molar-refractivity contribution is 9.10. The molecule has 0 aliphatic rings. The van der Waals surface area contributed by atoms with Crippen molar-refractivity contribution in [2.75, 3.05) is 0 Å². The Labute approximate surface area is 185 Å². The lowest BCUT2D eigenvalue weighted by Gasteiger charge is -2.08. The van der Waals surface area contributed by atoms with Crippen LogP contribution in [0.4, 0.5) is 0 Å². The molecule has 29 heavy (non-hydrogen) atoms. The Morgan fingerprint density at radius 1 is 1.00 bits per heavy atom. The van der Waals surface area contributed by atoms with Crippen molar-refractivity contribution in [3.63, 3.8) is 0 Å². The van der Waals surface area contributed by atoms with Crippen molar-refractivity contribution in [2.45, 2.75) is 0 Å². The van der Waals surface area contributed by atoms with Crippen molar-refractivity contribution >= 4 is 57.2 Å². The second kappa shape index (κ2) is 9.69. The molecule has 8 heteroatoms. The molecule has 0 aromatic heterocycles. The van der Waals surface area contributed by atoms with E-state index in [0.717, 1.165) is 4.47 Å². The number of esters is 1. The molecule has 0 fully saturated rings. The van der Waals surface area contributed by atoms with Crippen molar-refractivity contribution in [3.8, 4) is 5.75 Å². The van der Waals surface area contributed by atoms with Crippen LogP contribution >= 0.6 is 39.1 Å². The van der Waals surface area contributed by atoms with E-state index in [0.29, 0.717) is 21.9 Å². The van der Waals surface area contributed by atoms with Crippen molar-refractivity contribution in [3.05, 3.63) is 97.9 Å². The molecule has 3 aromatic carbocycles. The summed E-state index contributed by atoms with van der Waals surface area (Å²) in [6.07, 6.45) is 1.38. The third-order valence-corrected chi connectivity index (χ3v) is 4.77. The van der Waals surface area contributed by atoms with Crippen LogP contribution in [0.1, 0.15) is 26.3 Å². The molecule has 0 aliphatic carbocycles. The average molecular weight is 492 g/mol. The molecule has 0 radical (unpaired) electrons. The molecule has 0 heterocycles. The van der Waals surface area contributed by atoms with Gasteiger partial charge in [-0.2, -0.15) is 5.10 Å². The average Bonchev–Trinajstić information content (AvgIpc) is 2.70. The van der Waals surface area contributed by atoms with E-state index in [9.17, 15) is 9.59 Å². The highest BCUT2D eigenvalue weighted by atomic mass is 79.9. The molecule has 0 spiro atoms. The monoisotopic (exact) mass is 490 g/mol. The van der Waals surface area contributed by atoms with E-state index in [1.807, 2.05) is 6.07 Å². The Morgan fingerprint density at radius 3 is 2.48 bits per heavy atom. The molecule has 0 unspecified atom stereocenters. The van der Waals surface area contributed by atoms with Gasteiger partial charge in [-0.1, -0.05) is 57.3 Å². The second-order valence-electron chi connectivity index (χ2n) is 5.76. The number of hydrogen-bond donors (Lipinski definition) is 1. The van der Waals surface area contributed by atoms with Crippen molar-refractivity contribution in [1.82, 2.24) is 5.43 Å². The van der Waals surface area contributed by atoms with Crippen LogP contribution in [0.5, 0.6) is 5.75 Å². The number of nitrogens with one attached hydrogen (secondary N) is 1. The van der Waals surface area contributed by atoms with Crippen LogP contribution in [0.2, 0.25) is 10.0 Å². The summed E-state index contributed by atoms with van der Waals surface area (Å²) in [6, 6.07) is 18.2. The number of benzene rings is 3. The lowest BCUT2D eigenvalue weighted by Crippen LogP contribution is -2.18. The van der Waals surface area contributed by atoms with E-state index in [1.165, 1.54) is 18.3 Å². The van der Waals surface area contributed by atoms with E-state index < -0.39 is 11.9 Å². The first-order chi connectivity index (χ1) is 13.9. The predicted octanol–water partition coefficient (Wildman–Crippen LogP) is 5.74. The maximum atomic E-state index is 12.3. The van der Waals surface area contributed by atoms with Gasteiger partial charge in [0.15, 0.2) is 0 Å². The summed E-state index contributed by atoms with van der Waals surface area (Å²) in [5.74, 6) is -0.704. The molecule has 3 rings (SSSR count). The smallest absolute Gasteiger partial charge is 0.343 e. The minimum atomic E-state index is -0.500. The Kier molecular flexibility index (Phi) is 7.04. The van der Waals surface area contributed by atoms with Crippen LogP contribution < -0.4 is 10.2 Å². The van der Waals surface area contributed by atoms with E-state index in [-0.39, 0.29) is 10.6 Å². The summed E-state index contributed by atoms with van der Waals surface area (Å²) in [4.78, 5) is 24.5. The highest BCUT2D eigenvalue weighted by Gasteiger charge is 2.12. The van der Waals surface area contributed by atoms with E-state index >= 15 is 0 Å². The van der Waals surface area contributed by atoms with Gasteiger partial charge in [-0.05, 0) is 48.5 Å². The minimum absolute atomic E-state index is 0.213. The van der Waals surface area contributed by atoms with Crippen LogP contribution in [0.3, 0.4) is 0 Å². The Balaban J connectivity index is 1.75. The number of carbonyl (C=O) groups is 2.